The molecule has 1 aromatic carbocycles. The van der Waals surface area contributed by atoms with Crippen LogP contribution in [-0.4, -0.2) is 18.4 Å². The molecule has 0 unspecified atom stereocenters. The Hall–Kier alpha value is -2.10. The number of para-hydroxylation sites is 1. The first kappa shape index (κ1) is 10.4. The van der Waals surface area contributed by atoms with Gasteiger partial charge in [-0.15, -0.1) is 0 Å². The molecule has 16 heavy (non-hydrogen) atoms. The van der Waals surface area contributed by atoms with Gasteiger partial charge in [0.2, 0.25) is 0 Å². The highest BCUT2D eigenvalue weighted by molar-refractivity contribution is 6.01. The molecule has 2 rings (SSSR count). The number of carbonyl (C=O) groups is 2. The van der Waals surface area contributed by atoms with E-state index < -0.39 is 5.97 Å². The lowest BCUT2D eigenvalue weighted by atomic mass is 10.0. The van der Waals surface area contributed by atoms with Crippen molar-refractivity contribution in [2.45, 2.75) is 6.42 Å². The average Bonchev–Trinajstić information content (AvgIpc) is 2.27. The molecule has 4 nitrogen and oxygen atoms in total. The number of hydrogen-bond acceptors (Lipinski definition) is 4. The zero-order valence-electron chi connectivity index (χ0n) is 8.43. The molecule has 0 aliphatic carbocycles. The second-order valence-corrected chi connectivity index (χ2v) is 3.40. The topological polar surface area (TPSA) is 66.4 Å². The van der Waals surface area contributed by atoms with E-state index in [0.717, 1.165) is 6.08 Å². The lowest BCUT2D eigenvalue weighted by Gasteiger charge is -2.18. The summed E-state index contributed by atoms with van der Waals surface area (Å²) in [5.74, 6) is -0.805. The van der Waals surface area contributed by atoms with Gasteiger partial charge in [-0.2, -0.15) is 0 Å². The van der Waals surface area contributed by atoms with Crippen molar-refractivity contribution in [2.24, 2.45) is 0 Å². The maximum atomic E-state index is 11.5. The molecule has 4 heteroatoms. The second kappa shape index (κ2) is 4.18. The lowest BCUT2D eigenvalue weighted by Crippen LogP contribution is -2.19. The van der Waals surface area contributed by atoms with E-state index >= 15 is 0 Å². The van der Waals surface area contributed by atoms with E-state index in [-0.39, 0.29) is 5.78 Å². The molecule has 1 aromatic rings. The van der Waals surface area contributed by atoms with Crippen LogP contribution in [0.5, 0.6) is 5.75 Å². The van der Waals surface area contributed by atoms with E-state index in [2.05, 4.69) is 0 Å². The number of benzene rings is 1. The zero-order chi connectivity index (χ0) is 11.5. The second-order valence-electron chi connectivity index (χ2n) is 3.40. The summed E-state index contributed by atoms with van der Waals surface area (Å²) >= 11 is 0. The van der Waals surface area contributed by atoms with Crippen LogP contribution in [0.3, 0.4) is 0 Å². The van der Waals surface area contributed by atoms with Crippen LogP contribution in [0, 0.1) is 0 Å². The number of carbonyl (C=O) groups excluding carboxylic acids is 2. The fourth-order valence-corrected chi connectivity index (χ4v) is 1.61. The molecule has 0 saturated carbocycles. The Morgan fingerprint density at radius 3 is 3.00 bits per heavy atom. The van der Waals surface area contributed by atoms with Crippen molar-refractivity contribution in [3.63, 3.8) is 0 Å². The smallest absolute Gasteiger partial charge is 0.170 e. The van der Waals surface area contributed by atoms with Crippen LogP contribution >= 0.6 is 0 Å². The highest BCUT2D eigenvalue weighted by Crippen LogP contribution is 2.29. The van der Waals surface area contributed by atoms with Crippen LogP contribution in [0.25, 0.3) is 6.08 Å². The van der Waals surface area contributed by atoms with Gasteiger partial charge in [-0.1, -0.05) is 12.1 Å². The number of Topliss-reactive ketones (excluding diaryl/α,β-unsaturated/α-hetero) is 1. The molecule has 0 bridgehead atoms. The van der Waals surface area contributed by atoms with Crippen LogP contribution in [0.4, 0.5) is 0 Å². The first-order chi connectivity index (χ1) is 7.68. The molecule has 0 amide bonds. The van der Waals surface area contributed by atoms with Crippen molar-refractivity contribution < 1.29 is 19.4 Å². The molecule has 0 saturated heterocycles. The first-order valence-corrected chi connectivity index (χ1v) is 4.86. The van der Waals surface area contributed by atoms with Crippen LogP contribution in [-0.2, 0) is 4.79 Å². The maximum Gasteiger partial charge on any atom is 0.170 e. The summed E-state index contributed by atoms with van der Waals surface area (Å²) in [6.07, 6.45) is 2.64. The number of aliphatic carboxylic acids is 1. The molecule has 82 valence electrons. The van der Waals surface area contributed by atoms with Crippen LogP contribution in [0.2, 0.25) is 0 Å². The minimum absolute atomic E-state index is 0.0185. The third-order valence-corrected chi connectivity index (χ3v) is 2.32. The van der Waals surface area contributed by atoms with Gasteiger partial charge in [0, 0.05) is 12.0 Å². The van der Waals surface area contributed by atoms with Crippen molar-refractivity contribution in [1.29, 1.82) is 0 Å². The fraction of sp³-hybridized carbons (Fsp3) is 0.167. The highest BCUT2D eigenvalue weighted by Gasteiger charge is 2.19. The molecule has 1 aliphatic rings. The molecule has 0 spiro atoms. The minimum Gasteiger partial charge on any atom is -0.545 e. The molecule has 1 aliphatic heterocycles. The van der Waals surface area contributed by atoms with Crippen LogP contribution in [0.1, 0.15) is 22.3 Å². The Kier molecular flexibility index (Phi) is 2.72. The van der Waals surface area contributed by atoms with Gasteiger partial charge in [-0.25, -0.2) is 0 Å². The van der Waals surface area contributed by atoms with E-state index in [1.54, 1.807) is 18.2 Å². The Bertz CT molecular complexity index is 474. The monoisotopic (exact) mass is 217 g/mol. The summed E-state index contributed by atoms with van der Waals surface area (Å²) < 4.78 is 5.37. The Balaban J connectivity index is 2.43. The summed E-state index contributed by atoms with van der Waals surface area (Å²) in [5.41, 5.74) is 1.08. The molecule has 0 radical (unpaired) electrons. The summed E-state index contributed by atoms with van der Waals surface area (Å²) in [4.78, 5) is 21.8. The number of rotatable bonds is 2. The van der Waals surface area contributed by atoms with E-state index in [4.69, 9.17) is 4.74 Å². The molecule has 0 aromatic heterocycles. The van der Waals surface area contributed by atoms with Crippen molar-refractivity contribution in [3.05, 3.63) is 35.4 Å². The van der Waals surface area contributed by atoms with E-state index in [9.17, 15) is 14.7 Å². The molecule has 0 atom stereocenters. The van der Waals surface area contributed by atoms with Crippen LogP contribution < -0.4 is 9.84 Å². The van der Waals surface area contributed by atoms with Gasteiger partial charge in [0.1, 0.15) is 5.75 Å². The standard InChI is InChI=1S/C12H10O4/c13-10-6-7-16-12-8(4-5-11(14)15)2-1-3-9(10)12/h1-5H,6-7H2,(H,14,15)/p-1/b5-4+. The van der Waals surface area contributed by atoms with Crippen molar-refractivity contribution in [3.8, 4) is 5.75 Å². The summed E-state index contributed by atoms with van der Waals surface area (Å²) in [6.45, 7) is 0.335. The van der Waals surface area contributed by atoms with Crippen molar-refractivity contribution in [2.75, 3.05) is 6.61 Å². The minimum atomic E-state index is -1.28. The average molecular weight is 217 g/mol. The molecule has 0 N–H and O–H groups in total. The van der Waals surface area contributed by atoms with Gasteiger partial charge in [-0.05, 0) is 18.2 Å². The highest BCUT2D eigenvalue weighted by atomic mass is 16.5. The number of fused-ring (bicyclic) bond motifs is 1. The largest absolute Gasteiger partial charge is 0.545 e. The third-order valence-electron chi connectivity index (χ3n) is 2.32. The summed E-state index contributed by atoms with van der Waals surface area (Å²) in [6, 6.07) is 5.06. The van der Waals surface area contributed by atoms with Crippen molar-refractivity contribution >= 4 is 17.8 Å². The molecular weight excluding hydrogens is 208 g/mol. The first-order valence-electron chi connectivity index (χ1n) is 4.86. The summed E-state index contributed by atoms with van der Waals surface area (Å²) in [5, 5.41) is 10.3. The van der Waals surface area contributed by atoms with E-state index in [1.165, 1.54) is 6.08 Å². The zero-order valence-corrected chi connectivity index (χ0v) is 8.43. The SMILES string of the molecule is O=C([O-])/C=C/c1cccc2c1OCCC2=O. The van der Waals surface area contributed by atoms with Gasteiger partial charge < -0.3 is 14.6 Å². The van der Waals surface area contributed by atoms with Crippen LogP contribution in [0.15, 0.2) is 24.3 Å². The molecule has 1 heterocycles. The Morgan fingerprint density at radius 2 is 2.25 bits per heavy atom. The molecular formula is C12H9O4-. The van der Waals surface area contributed by atoms with Gasteiger partial charge in [0.15, 0.2) is 5.78 Å². The predicted molar refractivity (Wildman–Crippen MR) is 54.9 cm³/mol. The number of hydrogen-bond donors (Lipinski definition) is 0. The normalized spacial score (nSPS) is 14.6. The van der Waals surface area contributed by atoms with E-state index in [1.807, 2.05) is 0 Å². The lowest BCUT2D eigenvalue weighted by molar-refractivity contribution is -0.297. The van der Waals surface area contributed by atoms with Gasteiger partial charge >= 0.3 is 0 Å². The number of carboxylic acid groups (broad SMARTS) is 1. The third kappa shape index (κ3) is 1.95. The fourth-order valence-electron chi connectivity index (χ4n) is 1.61. The number of carboxylic acids is 1. The number of ether oxygens (including phenoxy) is 1. The molecule has 0 fully saturated rings. The maximum absolute atomic E-state index is 11.5. The van der Waals surface area contributed by atoms with Gasteiger partial charge in [0.05, 0.1) is 18.1 Å². The number of ketones is 1. The van der Waals surface area contributed by atoms with Crippen molar-refractivity contribution in [1.82, 2.24) is 0 Å². The summed E-state index contributed by atoms with van der Waals surface area (Å²) in [7, 11) is 0. The predicted octanol–water partition coefficient (Wildman–Crippen LogP) is 0.415. The van der Waals surface area contributed by atoms with Gasteiger partial charge in [-0.3, -0.25) is 4.79 Å². The Labute approximate surface area is 92.2 Å². The van der Waals surface area contributed by atoms with Gasteiger partial charge in [0.25, 0.3) is 0 Å². The quantitative estimate of drug-likeness (QED) is 0.673. The Morgan fingerprint density at radius 1 is 1.44 bits per heavy atom. The van der Waals surface area contributed by atoms with E-state index in [0.29, 0.717) is 29.9 Å².